The lowest BCUT2D eigenvalue weighted by atomic mass is 9.90. The number of hydrogen-bond donors (Lipinski definition) is 1. The van der Waals surface area contributed by atoms with Crippen molar-refractivity contribution in [2.24, 2.45) is 0 Å². The molecule has 2 aliphatic rings. The highest BCUT2D eigenvalue weighted by atomic mass is 35.5. The molecule has 2 fully saturated rings. The summed E-state index contributed by atoms with van der Waals surface area (Å²) in [5, 5.41) is 21.7. The lowest BCUT2D eigenvalue weighted by Crippen LogP contribution is -2.45. The summed E-state index contributed by atoms with van der Waals surface area (Å²) in [7, 11) is 0. The summed E-state index contributed by atoms with van der Waals surface area (Å²) in [4.78, 5) is 15.6. The van der Waals surface area contributed by atoms with Gasteiger partial charge in [0.05, 0.1) is 37.0 Å². The highest BCUT2D eigenvalue weighted by Crippen LogP contribution is 2.35. The van der Waals surface area contributed by atoms with Crippen molar-refractivity contribution < 1.29 is 14.2 Å². The van der Waals surface area contributed by atoms with Gasteiger partial charge in [0.15, 0.2) is 6.61 Å². The summed E-state index contributed by atoms with van der Waals surface area (Å²) < 4.78 is 20.9. The molecule has 0 bridgehead atoms. The molecule has 0 unspecified atom stereocenters. The topological polar surface area (TPSA) is 141 Å². The fraction of sp³-hybridized carbons (Fsp3) is 0.467. The first-order valence-electron chi connectivity index (χ1n) is 14.8. The molecule has 0 amide bonds. The number of aromatic nitrogens is 7. The molecule has 1 N–H and O–H groups in total. The number of hydrogen-bond acceptors (Lipinski definition) is 11. The molecule has 13 nitrogen and oxygen atoms in total. The summed E-state index contributed by atoms with van der Waals surface area (Å²) in [6.45, 7) is 6.03. The molecule has 0 radical (unpaired) electrons. The van der Waals surface area contributed by atoms with Gasteiger partial charge in [-0.15, -0.1) is 5.10 Å². The van der Waals surface area contributed by atoms with Gasteiger partial charge in [0.2, 0.25) is 5.95 Å². The first kappa shape index (κ1) is 29.8. The molecular weight excluding hydrogens is 584 g/mol. The van der Waals surface area contributed by atoms with E-state index < -0.39 is 0 Å². The average Bonchev–Trinajstić information content (AvgIpc) is 3.72. The number of nitrogens with one attached hydrogen (secondary N) is 1. The van der Waals surface area contributed by atoms with Crippen molar-refractivity contribution in [3.8, 4) is 28.8 Å². The number of morpholine rings is 1. The third kappa shape index (κ3) is 7.27. The SMILES string of the molecule is C[C@@H](Cn1cncn1)Oc1cc(-c2cnc(Nc3cn(C4CCC(N5CCOCC5)CC4)nc3OCC#N)nc2)ccc1Cl. The molecule has 4 heterocycles. The molecular formula is C30H35ClN10O3. The monoisotopic (exact) mass is 618 g/mol. The minimum Gasteiger partial charge on any atom is -0.487 e. The van der Waals surface area contributed by atoms with Crippen LogP contribution in [0.3, 0.4) is 0 Å². The zero-order valence-corrected chi connectivity index (χ0v) is 25.3. The smallest absolute Gasteiger partial charge is 0.257 e. The molecule has 1 atom stereocenters. The zero-order valence-electron chi connectivity index (χ0n) is 24.5. The first-order chi connectivity index (χ1) is 21.6. The van der Waals surface area contributed by atoms with Crippen molar-refractivity contribution in [3.63, 3.8) is 0 Å². The van der Waals surface area contributed by atoms with E-state index in [1.807, 2.05) is 36.0 Å². The molecule has 44 heavy (non-hydrogen) atoms. The molecule has 4 aromatic rings. The second kappa shape index (κ2) is 14.0. The van der Waals surface area contributed by atoms with E-state index in [1.165, 1.54) is 6.33 Å². The second-order valence-corrected chi connectivity index (χ2v) is 11.4. The Kier molecular flexibility index (Phi) is 9.50. The van der Waals surface area contributed by atoms with Gasteiger partial charge in [-0.3, -0.25) is 9.58 Å². The fourth-order valence-corrected chi connectivity index (χ4v) is 5.93. The number of benzene rings is 1. The van der Waals surface area contributed by atoms with Crippen LogP contribution < -0.4 is 14.8 Å². The van der Waals surface area contributed by atoms with Crippen molar-refractivity contribution in [2.45, 2.75) is 57.3 Å². The standard InChI is InChI=1S/C30H35ClN10O3/c1-21(17-40-20-33-19-36-40)44-28-14-22(2-7-26(28)31)23-15-34-30(35-16-23)37-27-18-41(38-29(27)43-11-8-32)25-5-3-24(4-6-25)39-9-12-42-13-10-39/h2,7,14-16,18-21,24-25H,3-6,9-13,17H2,1H3,(H,34,35,37)/t21-,24?,25?/m0/s1. The summed E-state index contributed by atoms with van der Waals surface area (Å²) >= 11 is 6.43. The third-order valence-electron chi connectivity index (χ3n) is 7.98. The van der Waals surface area contributed by atoms with Crippen LogP contribution in [-0.2, 0) is 11.3 Å². The predicted molar refractivity (Wildman–Crippen MR) is 163 cm³/mol. The summed E-state index contributed by atoms with van der Waals surface area (Å²) in [6, 6.07) is 8.44. The quantitative estimate of drug-likeness (QED) is 0.254. The van der Waals surface area contributed by atoms with Gasteiger partial charge in [-0.1, -0.05) is 17.7 Å². The van der Waals surface area contributed by atoms with Crippen molar-refractivity contribution in [1.82, 2.24) is 39.4 Å². The molecule has 1 saturated heterocycles. The number of anilines is 2. The minimum atomic E-state index is -0.176. The molecule has 230 valence electrons. The lowest BCUT2D eigenvalue weighted by Gasteiger charge is -2.38. The number of nitrogens with zero attached hydrogens (tertiary/aromatic N) is 9. The fourth-order valence-electron chi connectivity index (χ4n) is 5.77. The maximum Gasteiger partial charge on any atom is 0.257 e. The zero-order chi connectivity index (χ0) is 30.3. The highest BCUT2D eigenvalue weighted by molar-refractivity contribution is 6.32. The van der Waals surface area contributed by atoms with Gasteiger partial charge in [0.25, 0.3) is 5.88 Å². The Labute approximate surface area is 260 Å². The van der Waals surface area contributed by atoms with E-state index in [2.05, 4.69) is 30.3 Å². The van der Waals surface area contributed by atoms with Gasteiger partial charge in [0, 0.05) is 37.1 Å². The number of ether oxygens (including phenoxy) is 3. The molecule has 3 aromatic heterocycles. The van der Waals surface area contributed by atoms with Crippen LogP contribution in [0.2, 0.25) is 5.02 Å². The van der Waals surface area contributed by atoms with E-state index in [4.69, 9.17) is 36.2 Å². The van der Waals surface area contributed by atoms with E-state index in [-0.39, 0.29) is 18.8 Å². The normalized spacial score (nSPS) is 19.7. The van der Waals surface area contributed by atoms with E-state index in [9.17, 15) is 0 Å². The van der Waals surface area contributed by atoms with Gasteiger partial charge in [-0.2, -0.15) is 10.4 Å². The second-order valence-electron chi connectivity index (χ2n) is 11.0. The van der Waals surface area contributed by atoms with Crippen LogP contribution in [0.4, 0.5) is 11.6 Å². The Balaban J connectivity index is 1.11. The van der Waals surface area contributed by atoms with Gasteiger partial charge in [-0.05, 0) is 50.3 Å². The minimum absolute atomic E-state index is 0.103. The van der Waals surface area contributed by atoms with E-state index in [1.54, 1.807) is 29.5 Å². The van der Waals surface area contributed by atoms with E-state index in [0.29, 0.717) is 40.9 Å². The van der Waals surface area contributed by atoms with Crippen molar-refractivity contribution in [3.05, 3.63) is 54.5 Å². The summed E-state index contributed by atoms with van der Waals surface area (Å²) in [5.41, 5.74) is 2.28. The largest absolute Gasteiger partial charge is 0.487 e. The van der Waals surface area contributed by atoms with Crippen molar-refractivity contribution in [1.29, 1.82) is 5.26 Å². The van der Waals surface area contributed by atoms with Gasteiger partial charge < -0.3 is 19.5 Å². The molecule has 1 aliphatic carbocycles. The Morgan fingerprint density at radius 3 is 2.61 bits per heavy atom. The molecule has 1 aromatic carbocycles. The van der Waals surface area contributed by atoms with Crippen LogP contribution in [0.15, 0.2) is 49.4 Å². The Bertz CT molecular complexity index is 1540. The molecule has 0 spiro atoms. The van der Waals surface area contributed by atoms with Crippen LogP contribution in [0, 0.1) is 11.3 Å². The maximum absolute atomic E-state index is 9.11. The average molecular weight is 619 g/mol. The van der Waals surface area contributed by atoms with Gasteiger partial charge in [0.1, 0.15) is 36.3 Å². The number of nitriles is 1. The predicted octanol–water partition coefficient (Wildman–Crippen LogP) is 4.51. The number of rotatable bonds is 11. The first-order valence-corrected chi connectivity index (χ1v) is 15.2. The van der Waals surface area contributed by atoms with Gasteiger partial charge >= 0.3 is 0 Å². The van der Waals surface area contributed by atoms with Crippen LogP contribution in [0.25, 0.3) is 11.1 Å². The summed E-state index contributed by atoms with van der Waals surface area (Å²) in [5.74, 6) is 1.30. The highest BCUT2D eigenvalue weighted by Gasteiger charge is 2.29. The van der Waals surface area contributed by atoms with E-state index >= 15 is 0 Å². The third-order valence-corrected chi connectivity index (χ3v) is 8.29. The maximum atomic E-state index is 9.11. The Morgan fingerprint density at radius 1 is 1.11 bits per heavy atom. The van der Waals surface area contributed by atoms with Crippen molar-refractivity contribution >= 4 is 23.2 Å². The van der Waals surface area contributed by atoms with Crippen LogP contribution >= 0.6 is 11.6 Å². The Hall–Kier alpha value is -4.25. The van der Waals surface area contributed by atoms with Crippen LogP contribution in [0.1, 0.15) is 38.6 Å². The van der Waals surface area contributed by atoms with Crippen molar-refractivity contribution in [2.75, 3.05) is 38.2 Å². The van der Waals surface area contributed by atoms with Gasteiger partial charge in [-0.25, -0.2) is 19.6 Å². The molecule has 6 rings (SSSR count). The molecule has 1 saturated carbocycles. The molecule has 14 heteroatoms. The summed E-state index contributed by atoms with van der Waals surface area (Å²) in [6.07, 6.45) is 12.6. The van der Waals surface area contributed by atoms with Crippen LogP contribution in [-0.4, -0.2) is 84.5 Å². The lowest BCUT2D eigenvalue weighted by molar-refractivity contribution is 0.00503. The molecule has 1 aliphatic heterocycles. The van der Waals surface area contributed by atoms with E-state index in [0.717, 1.165) is 63.1 Å². The Morgan fingerprint density at radius 2 is 1.89 bits per heavy atom. The van der Waals surface area contributed by atoms with Crippen LogP contribution in [0.5, 0.6) is 11.6 Å². The number of halogens is 1.